The molecule has 0 saturated heterocycles. The van der Waals surface area contributed by atoms with E-state index in [1.807, 2.05) is 6.07 Å². The molecular formula is C24H22FN3O4S. The molecule has 33 heavy (non-hydrogen) atoms. The molecule has 0 spiro atoms. The molecule has 7 nitrogen and oxygen atoms in total. The molecule has 1 unspecified atom stereocenters. The van der Waals surface area contributed by atoms with Crippen LogP contribution in [0.4, 0.5) is 10.1 Å². The Morgan fingerprint density at radius 2 is 2.09 bits per heavy atom. The van der Waals surface area contributed by atoms with Crippen LogP contribution in [0, 0.1) is 21.8 Å². The number of nitro groups is 1. The molecule has 0 fully saturated rings. The van der Waals surface area contributed by atoms with Gasteiger partial charge in [0.15, 0.2) is 0 Å². The average Bonchev–Trinajstić information content (AvgIpc) is 3.24. The summed E-state index contributed by atoms with van der Waals surface area (Å²) in [6, 6.07) is 11.4. The number of nitrogens with zero attached hydrogens (tertiary/aromatic N) is 2. The van der Waals surface area contributed by atoms with Gasteiger partial charge in [0.25, 0.3) is 5.91 Å². The predicted molar refractivity (Wildman–Crippen MR) is 125 cm³/mol. The molecule has 1 aliphatic rings. The largest absolute Gasteiger partial charge is 0.450 e. The van der Waals surface area contributed by atoms with E-state index in [0.29, 0.717) is 16.4 Å². The van der Waals surface area contributed by atoms with Crippen LogP contribution >= 0.6 is 11.3 Å². The molecule has 3 aromatic rings. The monoisotopic (exact) mass is 467 g/mol. The topological polar surface area (TPSA) is 93.8 Å². The summed E-state index contributed by atoms with van der Waals surface area (Å²) in [5.74, 6) is 0.231. The van der Waals surface area contributed by atoms with Crippen molar-refractivity contribution in [3.63, 3.8) is 0 Å². The summed E-state index contributed by atoms with van der Waals surface area (Å²) in [5.41, 5.74) is 3.89. The minimum Gasteiger partial charge on any atom is -0.450 e. The standard InChI is InChI=1S/C24H22FN3O4S/c1-2-15-4-10-22-17(11-15)13-23(33-22)24(29)27-26-14-16-3-9-21(20(12-16)28(30)31)32-19-7-5-18(25)6-8-19/h3,5-9,12-15H,2,4,10-11H2,1H3,(H,27,29)/b26-14+. The first-order valence-corrected chi connectivity index (χ1v) is 11.4. The van der Waals surface area contributed by atoms with Gasteiger partial charge in [-0.2, -0.15) is 5.10 Å². The molecule has 1 amide bonds. The van der Waals surface area contributed by atoms with E-state index in [9.17, 15) is 19.3 Å². The van der Waals surface area contributed by atoms with Gasteiger partial charge in [-0.1, -0.05) is 13.3 Å². The Bertz CT molecular complexity index is 1210. The molecule has 2 aromatic carbocycles. The van der Waals surface area contributed by atoms with Crippen molar-refractivity contribution in [2.45, 2.75) is 32.6 Å². The minimum atomic E-state index is -0.575. The van der Waals surface area contributed by atoms with Crippen LogP contribution < -0.4 is 10.2 Å². The Morgan fingerprint density at radius 3 is 2.82 bits per heavy atom. The lowest BCUT2D eigenvalue weighted by molar-refractivity contribution is -0.385. The van der Waals surface area contributed by atoms with Crippen molar-refractivity contribution >= 4 is 29.1 Å². The Hall–Kier alpha value is -3.59. The maximum Gasteiger partial charge on any atom is 0.312 e. The number of nitrogens with one attached hydrogen (secondary N) is 1. The van der Waals surface area contributed by atoms with Gasteiger partial charge >= 0.3 is 5.69 Å². The van der Waals surface area contributed by atoms with E-state index in [4.69, 9.17) is 4.74 Å². The van der Waals surface area contributed by atoms with Crippen LogP contribution in [0.15, 0.2) is 53.6 Å². The summed E-state index contributed by atoms with van der Waals surface area (Å²) < 4.78 is 18.6. The highest BCUT2D eigenvalue weighted by Crippen LogP contribution is 2.34. The Morgan fingerprint density at radius 1 is 1.30 bits per heavy atom. The van der Waals surface area contributed by atoms with Crippen molar-refractivity contribution in [2.75, 3.05) is 0 Å². The summed E-state index contributed by atoms with van der Waals surface area (Å²) in [4.78, 5) is 25.3. The Balaban J connectivity index is 1.43. The van der Waals surface area contributed by atoms with Crippen molar-refractivity contribution in [1.82, 2.24) is 5.43 Å². The first kappa shape index (κ1) is 22.6. The molecule has 170 valence electrons. The fourth-order valence-electron chi connectivity index (χ4n) is 3.75. The minimum absolute atomic E-state index is 0.0161. The number of hydrazone groups is 1. The van der Waals surface area contributed by atoms with Crippen LogP contribution in [-0.2, 0) is 12.8 Å². The summed E-state index contributed by atoms with van der Waals surface area (Å²) in [6.07, 6.45) is 5.65. The SMILES string of the molecule is CCC1CCc2sc(C(=O)N/N=C/c3ccc(Oc4ccc(F)cc4)c([N+](=O)[O-])c3)cc2C1. The van der Waals surface area contributed by atoms with Gasteiger partial charge in [-0.15, -0.1) is 11.3 Å². The van der Waals surface area contributed by atoms with Crippen LogP contribution in [-0.4, -0.2) is 17.0 Å². The highest BCUT2D eigenvalue weighted by Gasteiger charge is 2.22. The van der Waals surface area contributed by atoms with Gasteiger partial charge in [0.05, 0.1) is 16.0 Å². The average molecular weight is 468 g/mol. The molecule has 1 aromatic heterocycles. The molecule has 4 rings (SSSR count). The molecular weight excluding hydrogens is 445 g/mol. The quantitative estimate of drug-likeness (QED) is 0.267. The van der Waals surface area contributed by atoms with E-state index in [2.05, 4.69) is 17.5 Å². The number of hydrogen-bond donors (Lipinski definition) is 1. The molecule has 1 N–H and O–H groups in total. The number of thiophene rings is 1. The van der Waals surface area contributed by atoms with Gasteiger partial charge in [0.2, 0.25) is 5.75 Å². The predicted octanol–water partition coefficient (Wildman–Crippen LogP) is 5.87. The van der Waals surface area contributed by atoms with Crippen LogP contribution in [0.2, 0.25) is 0 Å². The Labute approximate surface area is 194 Å². The van der Waals surface area contributed by atoms with Crippen molar-refractivity contribution in [2.24, 2.45) is 11.0 Å². The second-order valence-corrected chi connectivity index (χ2v) is 8.95. The third-order valence-corrected chi connectivity index (χ3v) is 6.82. The van der Waals surface area contributed by atoms with Crippen molar-refractivity contribution < 1.29 is 18.8 Å². The summed E-state index contributed by atoms with van der Waals surface area (Å²) in [5, 5.41) is 15.4. The van der Waals surface area contributed by atoms with Gasteiger partial charge in [-0.25, -0.2) is 9.82 Å². The summed E-state index contributed by atoms with van der Waals surface area (Å²) >= 11 is 1.50. The van der Waals surface area contributed by atoms with Gasteiger partial charge < -0.3 is 4.74 Å². The zero-order chi connectivity index (χ0) is 23.4. The smallest absolute Gasteiger partial charge is 0.312 e. The van der Waals surface area contributed by atoms with Crippen LogP contribution in [0.25, 0.3) is 0 Å². The van der Waals surface area contributed by atoms with E-state index in [-0.39, 0.29) is 23.1 Å². The van der Waals surface area contributed by atoms with E-state index < -0.39 is 10.7 Å². The van der Waals surface area contributed by atoms with Gasteiger partial charge in [-0.05, 0) is 73.2 Å². The van der Waals surface area contributed by atoms with Gasteiger partial charge in [0.1, 0.15) is 11.6 Å². The molecule has 0 aliphatic heterocycles. The lowest BCUT2D eigenvalue weighted by Crippen LogP contribution is -2.16. The summed E-state index contributed by atoms with van der Waals surface area (Å²) in [6.45, 7) is 2.19. The Kier molecular flexibility index (Phi) is 6.79. The maximum absolute atomic E-state index is 13.1. The second kappa shape index (κ2) is 9.91. The number of hydrogen-bond acceptors (Lipinski definition) is 6. The number of carbonyl (C=O) groups is 1. The highest BCUT2D eigenvalue weighted by molar-refractivity contribution is 7.14. The normalized spacial score (nSPS) is 15.3. The van der Waals surface area contributed by atoms with Gasteiger partial charge in [-0.3, -0.25) is 14.9 Å². The third-order valence-electron chi connectivity index (χ3n) is 5.59. The van der Waals surface area contributed by atoms with Crippen molar-refractivity contribution in [1.29, 1.82) is 0 Å². The molecule has 0 saturated carbocycles. The number of benzene rings is 2. The number of rotatable bonds is 7. The number of nitro benzene ring substituents is 1. The number of amides is 1. The lowest BCUT2D eigenvalue weighted by atomic mass is 9.87. The second-order valence-electron chi connectivity index (χ2n) is 7.82. The van der Waals surface area contributed by atoms with Crippen LogP contribution in [0.5, 0.6) is 11.5 Å². The number of ether oxygens (including phenoxy) is 1. The number of carbonyl (C=O) groups excluding carboxylic acids is 1. The van der Waals surface area contributed by atoms with E-state index in [0.717, 1.165) is 25.7 Å². The maximum atomic E-state index is 13.1. The van der Waals surface area contributed by atoms with Crippen LogP contribution in [0.1, 0.15) is 45.4 Å². The zero-order valence-corrected chi connectivity index (χ0v) is 18.7. The lowest BCUT2D eigenvalue weighted by Gasteiger charge is -2.19. The molecule has 0 bridgehead atoms. The fourth-order valence-corrected chi connectivity index (χ4v) is 4.85. The third kappa shape index (κ3) is 5.43. The van der Waals surface area contributed by atoms with Crippen LogP contribution in [0.3, 0.4) is 0 Å². The number of halogens is 1. The van der Waals surface area contributed by atoms with Crippen molar-refractivity contribution in [3.05, 3.63) is 85.3 Å². The molecule has 1 atom stereocenters. The first-order valence-electron chi connectivity index (χ1n) is 10.6. The summed E-state index contributed by atoms with van der Waals surface area (Å²) in [7, 11) is 0. The molecule has 9 heteroatoms. The molecule has 1 aliphatic carbocycles. The van der Waals surface area contributed by atoms with Crippen molar-refractivity contribution in [3.8, 4) is 11.5 Å². The van der Waals surface area contributed by atoms with E-state index in [1.54, 1.807) is 6.07 Å². The first-order chi connectivity index (χ1) is 15.9. The van der Waals surface area contributed by atoms with Gasteiger partial charge in [0, 0.05) is 16.5 Å². The molecule has 0 radical (unpaired) electrons. The van der Waals surface area contributed by atoms with E-state index in [1.165, 1.54) is 64.4 Å². The fraction of sp³-hybridized carbons (Fsp3) is 0.250. The zero-order valence-electron chi connectivity index (χ0n) is 17.9. The highest BCUT2D eigenvalue weighted by atomic mass is 32.1. The molecule has 1 heterocycles. The van der Waals surface area contributed by atoms with E-state index >= 15 is 0 Å². The number of aryl methyl sites for hydroxylation is 1. The number of fused-ring (bicyclic) bond motifs is 1.